The third-order valence-electron chi connectivity index (χ3n) is 11.0. The van der Waals surface area contributed by atoms with Crippen molar-refractivity contribution >= 4 is 60.7 Å². The van der Waals surface area contributed by atoms with Gasteiger partial charge in [0.25, 0.3) is 0 Å². The van der Waals surface area contributed by atoms with Crippen LogP contribution in [-0.2, 0) is 0 Å². The summed E-state index contributed by atoms with van der Waals surface area (Å²) in [5, 5.41) is 7.65. The van der Waals surface area contributed by atoms with Crippen LogP contribution in [0.4, 0.5) is 17.1 Å². The highest BCUT2D eigenvalue weighted by molar-refractivity contribution is 7.18. The first-order chi connectivity index (χ1) is 26.8. The molecule has 2 heteroatoms. The van der Waals surface area contributed by atoms with Crippen LogP contribution in [0.15, 0.2) is 200 Å². The molecule has 9 aromatic carbocycles. The number of thiophene rings is 1. The van der Waals surface area contributed by atoms with Gasteiger partial charge >= 0.3 is 0 Å². The van der Waals surface area contributed by atoms with E-state index in [1.165, 1.54) is 92.3 Å². The van der Waals surface area contributed by atoms with Gasteiger partial charge in [0.15, 0.2) is 0 Å². The first-order valence-corrected chi connectivity index (χ1v) is 19.3. The van der Waals surface area contributed by atoms with Crippen molar-refractivity contribution in [3.8, 4) is 54.3 Å². The number of anilines is 3. The Morgan fingerprint density at radius 1 is 0.315 bits per heavy atom. The van der Waals surface area contributed by atoms with E-state index in [2.05, 4.69) is 205 Å². The van der Waals surface area contributed by atoms with Crippen LogP contribution in [-0.4, -0.2) is 0 Å². The molecule has 1 aromatic heterocycles. The average molecular weight is 704 g/mol. The molecule has 54 heavy (non-hydrogen) atoms. The molecule has 0 amide bonds. The van der Waals surface area contributed by atoms with Crippen LogP contribution >= 0.6 is 11.3 Å². The molecule has 0 atom stereocenters. The van der Waals surface area contributed by atoms with Crippen LogP contribution in [0.3, 0.4) is 0 Å². The summed E-state index contributed by atoms with van der Waals surface area (Å²) >= 11 is 1.84. The number of nitrogens with zero attached hydrogens (tertiary/aromatic N) is 1. The van der Waals surface area contributed by atoms with Crippen molar-refractivity contribution in [3.63, 3.8) is 0 Å². The van der Waals surface area contributed by atoms with Gasteiger partial charge in [0, 0.05) is 26.5 Å². The molecule has 10 aromatic rings. The van der Waals surface area contributed by atoms with Gasteiger partial charge in [-0.1, -0.05) is 152 Å². The second kappa shape index (κ2) is 12.4. The maximum Gasteiger partial charge on any atom is 0.0540 e. The minimum absolute atomic E-state index is 1.12. The van der Waals surface area contributed by atoms with Gasteiger partial charge in [0.2, 0.25) is 0 Å². The number of hydrogen-bond donors (Lipinski definition) is 0. The second-order valence-corrected chi connectivity index (χ2v) is 15.2. The minimum Gasteiger partial charge on any atom is -0.310 e. The van der Waals surface area contributed by atoms with E-state index in [0.717, 1.165) is 11.4 Å². The second-order valence-electron chi connectivity index (χ2n) is 14.1. The highest BCUT2D eigenvalue weighted by Crippen LogP contribution is 2.51. The molecule has 0 N–H and O–H groups in total. The number of rotatable bonds is 6. The molecule has 0 fully saturated rings. The lowest BCUT2D eigenvalue weighted by Gasteiger charge is -2.28. The standard InChI is InChI=1S/C52H33NS/c1-2-11-36(12-3-1)50-30-31-51(54-50)37-24-26-40(27-25-37)53(49-29-28-46-44-17-7-6-16-43(44)45-18-9-19-47(49)52(45)46)41-14-8-13-38(32-41)39-23-22-35-21-20-34-10-4-5-15-42(34)48(35)33-39/h1-33H. The van der Waals surface area contributed by atoms with Crippen LogP contribution in [0.1, 0.15) is 0 Å². The molecule has 0 saturated heterocycles. The molecule has 0 unspecified atom stereocenters. The summed E-state index contributed by atoms with van der Waals surface area (Å²) in [6.07, 6.45) is 0. The van der Waals surface area contributed by atoms with Crippen molar-refractivity contribution in [3.05, 3.63) is 200 Å². The summed E-state index contributed by atoms with van der Waals surface area (Å²) in [6.45, 7) is 0. The highest BCUT2D eigenvalue weighted by atomic mass is 32.1. The fourth-order valence-corrected chi connectivity index (χ4v) is 9.46. The van der Waals surface area contributed by atoms with Crippen LogP contribution in [0.25, 0.3) is 86.6 Å². The van der Waals surface area contributed by atoms with E-state index < -0.39 is 0 Å². The Bertz CT molecular complexity index is 3020. The van der Waals surface area contributed by atoms with Gasteiger partial charge in [0.05, 0.1) is 5.69 Å². The molecule has 0 aliphatic heterocycles. The molecule has 0 radical (unpaired) electrons. The fraction of sp³-hybridized carbons (Fsp3) is 0. The Morgan fingerprint density at radius 3 is 1.70 bits per heavy atom. The van der Waals surface area contributed by atoms with E-state index in [1.54, 1.807) is 0 Å². The molecule has 0 spiro atoms. The quantitative estimate of drug-likeness (QED) is 0.156. The Kier molecular flexibility index (Phi) is 7.11. The van der Waals surface area contributed by atoms with Gasteiger partial charge in [-0.3, -0.25) is 0 Å². The van der Waals surface area contributed by atoms with Crippen molar-refractivity contribution in [1.82, 2.24) is 0 Å². The van der Waals surface area contributed by atoms with Crippen molar-refractivity contribution < 1.29 is 0 Å². The monoisotopic (exact) mass is 703 g/mol. The molecule has 0 saturated carbocycles. The van der Waals surface area contributed by atoms with Gasteiger partial charge in [-0.05, 0) is 120 Å². The largest absolute Gasteiger partial charge is 0.310 e. The summed E-state index contributed by atoms with van der Waals surface area (Å²) in [4.78, 5) is 4.99. The van der Waals surface area contributed by atoms with Crippen LogP contribution in [0, 0.1) is 0 Å². The van der Waals surface area contributed by atoms with E-state index >= 15 is 0 Å². The van der Waals surface area contributed by atoms with Gasteiger partial charge < -0.3 is 4.90 Å². The molecule has 11 rings (SSSR count). The van der Waals surface area contributed by atoms with E-state index in [0.29, 0.717) is 0 Å². The molecular formula is C52H33NS. The third kappa shape index (κ3) is 4.99. The molecule has 0 bridgehead atoms. The van der Waals surface area contributed by atoms with Crippen molar-refractivity contribution in [2.75, 3.05) is 4.90 Å². The smallest absolute Gasteiger partial charge is 0.0540 e. The topological polar surface area (TPSA) is 3.24 Å². The van der Waals surface area contributed by atoms with Crippen LogP contribution < -0.4 is 4.90 Å². The summed E-state index contributed by atoms with van der Waals surface area (Å²) in [7, 11) is 0. The summed E-state index contributed by atoms with van der Waals surface area (Å²) in [6, 6.07) is 73.5. The van der Waals surface area contributed by atoms with Gasteiger partial charge in [-0.25, -0.2) is 0 Å². The van der Waals surface area contributed by atoms with E-state index in [4.69, 9.17) is 0 Å². The van der Waals surface area contributed by atoms with Crippen molar-refractivity contribution in [2.45, 2.75) is 0 Å². The minimum atomic E-state index is 1.12. The zero-order valence-electron chi connectivity index (χ0n) is 29.4. The van der Waals surface area contributed by atoms with Crippen molar-refractivity contribution in [1.29, 1.82) is 0 Å². The van der Waals surface area contributed by atoms with E-state index in [-0.39, 0.29) is 0 Å². The Morgan fingerprint density at radius 2 is 0.889 bits per heavy atom. The SMILES string of the molecule is c1ccc(-c2ccc(-c3ccc(N(c4cccc(-c5ccc6ccc7ccccc7c6c5)c4)c4ccc5c6c(cccc46)-c4ccccc4-5)cc3)s2)cc1. The fourth-order valence-electron chi connectivity index (χ4n) is 8.45. The molecule has 252 valence electrons. The normalized spacial score (nSPS) is 11.7. The maximum absolute atomic E-state index is 2.44. The van der Waals surface area contributed by atoms with E-state index in [9.17, 15) is 0 Å². The zero-order chi connectivity index (χ0) is 35.6. The predicted octanol–water partition coefficient (Wildman–Crippen LogP) is 15.3. The average Bonchev–Trinajstić information content (AvgIpc) is 3.87. The highest BCUT2D eigenvalue weighted by Gasteiger charge is 2.25. The number of fused-ring (bicyclic) bond motifs is 6. The van der Waals surface area contributed by atoms with Crippen molar-refractivity contribution in [2.24, 2.45) is 0 Å². The van der Waals surface area contributed by atoms with Crippen LogP contribution in [0.2, 0.25) is 0 Å². The Hall–Kier alpha value is -6.74. The van der Waals surface area contributed by atoms with E-state index in [1.807, 2.05) is 11.3 Å². The maximum atomic E-state index is 2.44. The lowest BCUT2D eigenvalue weighted by molar-refractivity contribution is 1.30. The number of benzene rings is 9. The third-order valence-corrected chi connectivity index (χ3v) is 12.2. The molecule has 1 aliphatic rings. The summed E-state index contributed by atoms with van der Waals surface area (Å²) in [5.74, 6) is 0. The number of hydrogen-bond acceptors (Lipinski definition) is 2. The molecule has 1 heterocycles. The first kappa shape index (κ1) is 30.8. The predicted molar refractivity (Wildman–Crippen MR) is 232 cm³/mol. The lowest BCUT2D eigenvalue weighted by Crippen LogP contribution is -2.10. The molecular weight excluding hydrogens is 671 g/mol. The molecule has 1 aliphatic carbocycles. The zero-order valence-corrected chi connectivity index (χ0v) is 30.2. The Balaban J connectivity index is 1.06. The Labute approximate surface area is 318 Å². The summed E-state index contributed by atoms with van der Waals surface area (Å²) < 4.78 is 0. The van der Waals surface area contributed by atoms with Gasteiger partial charge in [0.1, 0.15) is 0 Å². The van der Waals surface area contributed by atoms with Gasteiger partial charge in [-0.15, -0.1) is 11.3 Å². The first-order valence-electron chi connectivity index (χ1n) is 18.5. The van der Waals surface area contributed by atoms with Crippen LogP contribution in [0.5, 0.6) is 0 Å². The van der Waals surface area contributed by atoms with Gasteiger partial charge in [-0.2, -0.15) is 0 Å². The summed E-state index contributed by atoms with van der Waals surface area (Å²) in [5.41, 5.74) is 13.5. The lowest BCUT2D eigenvalue weighted by atomic mass is 9.96. The molecule has 1 nitrogen and oxygen atoms in total.